The van der Waals surface area contributed by atoms with E-state index >= 15 is 0 Å². The fraction of sp³-hybridized carbons (Fsp3) is 0.389. The van der Waals surface area contributed by atoms with Crippen molar-refractivity contribution in [1.82, 2.24) is 15.2 Å². The lowest BCUT2D eigenvalue weighted by Crippen LogP contribution is -2.71. The number of hydrogen-bond acceptors (Lipinski definition) is 4. The quantitative estimate of drug-likeness (QED) is 0.941. The Morgan fingerprint density at radius 1 is 1.27 bits per heavy atom. The summed E-state index contributed by atoms with van der Waals surface area (Å²) in [6.45, 7) is 5.09. The zero-order valence-electron chi connectivity index (χ0n) is 12.8. The summed E-state index contributed by atoms with van der Waals surface area (Å²) in [7, 11) is 0. The van der Waals surface area contributed by atoms with Crippen molar-refractivity contribution in [3.8, 4) is 0 Å². The molecule has 3 atom stereocenters. The fourth-order valence-electron chi connectivity index (χ4n) is 3.77. The highest BCUT2D eigenvalue weighted by Gasteiger charge is 2.46. The van der Waals surface area contributed by atoms with Gasteiger partial charge in [-0.2, -0.15) is 0 Å². The van der Waals surface area contributed by atoms with Crippen LogP contribution in [0.1, 0.15) is 29.7 Å². The number of piperazine rings is 1. The molecule has 1 unspecified atom stereocenters. The number of hydrogen-bond donors (Lipinski definition) is 1. The summed E-state index contributed by atoms with van der Waals surface area (Å²) in [5.74, 6) is 0.646. The maximum Gasteiger partial charge on any atom is 0.180 e. The van der Waals surface area contributed by atoms with E-state index < -0.39 is 0 Å². The molecule has 1 aromatic carbocycles. The Morgan fingerprint density at radius 3 is 2.68 bits per heavy atom. The molecule has 0 radical (unpaired) electrons. The van der Waals surface area contributed by atoms with Gasteiger partial charge in [0.1, 0.15) is 6.26 Å². The normalized spacial score (nSPS) is 28.0. The zero-order valence-corrected chi connectivity index (χ0v) is 12.8. The number of rotatable bonds is 4. The molecule has 3 fully saturated rings. The van der Waals surface area contributed by atoms with Crippen LogP contribution in [-0.4, -0.2) is 35.1 Å². The van der Waals surface area contributed by atoms with Crippen LogP contribution >= 0.6 is 0 Å². The lowest BCUT2D eigenvalue weighted by molar-refractivity contribution is 0.0463. The van der Waals surface area contributed by atoms with E-state index in [1.54, 1.807) is 6.26 Å². The smallest absolute Gasteiger partial charge is 0.180 e. The predicted octanol–water partition coefficient (Wildman–Crippen LogP) is 2.65. The molecule has 1 N–H and O–H groups in total. The number of fused-ring (bicyclic) bond motifs is 2. The Bertz CT molecular complexity index is 635. The van der Waals surface area contributed by atoms with Crippen molar-refractivity contribution in [3.63, 3.8) is 0 Å². The summed E-state index contributed by atoms with van der Waals surface area (Å²) in [6.07, 6.45) is 7.47. The maximum atomic E-state index is 5.06. The number of nitrogens with zero attached hydrogens (tertiary/aromatic N) is 2. The van der Waals surface area contributed by atoms with Crippen molar-refractivity contribution < 1.29 is 4.42 Å². The van der Waals surface area contributed by atoms with Crippen molar-refractivity contribution in [2.24, 2.45) is 0 Å². The number of nitrogens with one attached hydrogen (secondary N) is 1. The zero-order chi connectivity index (χ0) is 14.9. The summed E-state index contributed by atoms with van der Waals surface area (Å²) >= 11 is 0. The van der Waals surface area contributed by atoms with Crippen molar-refractivity contribution in [1.29, 1.82) is 0 Å². The second kappa shape index (κ2) is 5.71. The number of aromatic nitrogens is 1. The first-order valence-electron chi connectivity index (χ1n) is 7.91. The highest BCUT2D eigenvalue weighted by Crippen LogP contribution is 2.37. The molecule has 0 aliphatic carbocycles. The van der Waals surface area contributed by atoms with Gasteiger partial charge in [0.05, 0.1) is 5.69 Å². The van der Waals surface area contributed by atoms with E-state index in [9.17, 15) is 0 Å². The SMILES string of the molecule is C/C=C/c1ccc(C2[C@@H]3CN(Cc4cocn4)C[C@H]2N3)cc1. The molecule has 3 saturated heterocycles. The summed E-state index contributed by atoms with van der Waals surface area (Å²) in [5, 5.41) is 3.68. The first-order chi connectivity index (χ1) is 10.8. The molecule has 4 heterocycles. The molecule has 1 aromatic heterocycles. The average molecular weight is 295 g/mol. The fourth-order valence-corrected chi connectivity index (χ4v) is 3.77. The highest BCUT2D eigenvalue weighted by molar-refractivity contribution is 5.50. The average Bonchev–Trinajstić information content (AvgIpc) is 3.02. The van der Waals surface area contributed by atoms with Crippen LogP contribution in [0.25, 0.3) is 6.08 Å². The van der Waals surface area contributed by atoms with Crippen LogP contribution in [0.2, 0.25) is 0 Å². The Labute approximate surface area is 130 Å². The van der Waals surface area contributed by atoms with E-state index in [-0.39, 0.29) is 0 Å². The van der Waals surface area contributed by atoms with Crippen LogP contribution in [0.4, 0.5) is 0 Å². The van der Waals surface area contributed by atoms with Gasteiger partial charge in [0.2, 0.25) is 0 Å². The standard InChI is InChI=1S/C18H21N3O/c1-2-3-13-4-6-14(7-5-13)18-16-9-21(10-17(18)20-16)8-15-11-22-12-19-15/h2-7,11-12,16-18,20H,8-10H2,1H3/b3-2+/t16-,17+,18?. The van der Waals surface area contributed by atoms with E-state index in [0.717, 1.165) is 25.3 Å². The Balaban J connectivity index is 1.42. The lowest BCUT2D eigenvalue weighted by Gasteiger charge is -2.54. The molecule has 0 spiro atoms. The van der Waals surface area contributed by atoms with Crippen molar-refractivity contribution in [3.05, 3.63) is 59.8 Å². The van der Waals surface area contributed by atoms with Crippen LogP contribution in [0.3, 0.4) is 0 Å². The van der Waals surface area contributed by atoms with Gasteiger partial charge in [-0.1, -0.05) is 36.4 Å². The van der Waals surface area contributed by atoms with E-state index in [2.05, 4.69) is 58.5 Å². The van der Waals surface area contributed by atoms with Crippen LogP contribution < -0.4 is 5.32 Å². The van der Waals surface area contributed by atoms with Gasteiger partial charge in [-0.05, 0) is 18.1 Å². The summed E-state index contributed by atoms with van der Waals surface area (Å²) in [4.78, 5) is 6.69. The number of allylic oxidation sites excluding steroid dienone is 1. The molecule has 22 heavy (non-hydrogen) atoms. The molecule has 114 valence electrons. The van der Waals surface area contributed by atoms with Gasteiger partial charge in [-0.25, -0.2) is 4.98 Å². The monoisotopic (exact) mass is 295 g/mol. The minimum Gasteiger partial charge on any atom is -0.451 e. The van der Waals surface area contributed by atoms with E-state index in [1.165, 1.54) is 17.5 Å². The molecule has 0 saturated carbocycles. The first kappa shape index (κ1) is 13.7. The summed E-state index contributed by atoms with van der Waals surface area (Å²) < 4.78 is 5.06. The molecule has 2 aromatic rings. The highest BCUT2D eigenvalue weighted by atomic mass is 16.3. The number of benzene rings is 1. The van der Waals surface area contributed by atoms with Gasteiger partial charge in [-0.15, -0.1) is 0 Å². The Morgan fingerprint density at radius 2 is 2.05 bits per heavy atom. The van der Waals surface area contributed by atoms with Crippen LogP contribution in [-0.2, 0) is 6.54 Å². The second-order valence-electron chi connectivity index (χ2n) is 6.25. The second-order valence-corrected chi connectivity index (χ2v) is 6.25. The number of piperidine rings is 1. The van der Waals surface area contributed by atoms with E-state index in [1.807, 2.05) is 0 Å². The van der Waals surface area contributed by atoms with E-state index in [0.29, 0.717) is 18.0 Å². The third kappa shape index (κ3) is 2.49. The van der Waals surface area contributed by atoms with Crippen molar-refractivity contribution in [2.75, 3.05) is 13.1 Å². The van der Waals surface area contributed by atoms with Gasteiger partial charge in [-0.3, -0.25) is 4.90 Å². The summed E-state index contributed by atoms with van der Waals surface area (Å²) in [6, 6.07) is 10.1. The van der Waals surface area contributed by atoms with Gasteiger partial charge >= 0.3 is 0 Å². The maximum absolute atomic E-state index is 5.06. The first-order valence-corrected chi connectivity index (χ1v) is 7.91. The molecule has 4 nitrogen and oxygen atoms in total. The van der Waals surface area contributed by atoms with Gasteiger partial charge < -0.3 is 9.73 Å². The van der Waals surface area contributed by atoms with Gasteiger partial charge in [0.25, 0.3) is 0 Å². The molecular weight excluding hydrogens is 274 g/mol. The molecule has 4 heteroatoms. The van der Waals surface area contributed by atoms with Crippen LogP contribution in [0.15, 0.2) is 47.4 Å². The summed E-state index contributed by atoms with van der Waals surface area (Å²) in [5.41, 5.74) is 3.76. The third-order valence-electron chi connectivity index (χ3n) is 4.75. The minimum atomic E-state index is 0.554. The van der Waals surface area contributed by atoms with E-state index in [4.69, 9.17) is 4.42 Å². The molecule has 0 amide bonds. The lowest BCUT2D eigenvalue weighted by atomic mass is 9.74. The third-order valence-corrected chi connectivity index (χ3v) is 4.75. The number of oxazole rings is 1. The topological polar surface area (TPSA) is 41.3 Å². The predicted molar refractivity (Wildman–Crippen MR) is 86.4 cm³/mol. The Kier molecular flexibility index (Phi) is 3.56. The molecular formula is C18H21N3O. The van der Waals surface area contributed by atoms with Crippen molar-refractivity contribution >= 4 is 6.08 Å². The molecule has 3 aliphatic rings. The van der Waals surface area contributed by atoms with Gasteiger partial charge in [0, 0.05) is 37.6 Å². The van der Waals surface area contributed by atoms with Crippen molar-refractivity contribution in [2.45, 2.75) is 31.5 Å². The molecule has 5 rings (SSSR count). The molecule has 2 bridgehead atoms. The minimum absolute atomic E-state index is 0.554. The van der Waals surface area contributed by atoms with Gasteiger partial charge in [0.15, 0.2) is 6.39 Å². The van der Waals surface area contributed by atoms with Crippen LogP contribution in [0.5, 0.6) is 0 Å². The van der Waals surface area contributed by atoms with Crippen LogP contribution in [0, 0.1) is 0 Å². The Hall–Kier alpha value is -1.91. The largest absolute Gasteiger partial charge is 0.451 e. The molecule has 3 aliphatic heterocycles.